The third-order valence-corrected chi connectivity index (χ3v) is 4.31. The second kappa shape index (κ2) is 7.44. The molecule has 0 bridgehead atoms. The molecule has 3 rings (SSSR count). The third-order valence-electron chi connectivity index (χ3n) is 4.31. The first kappa shape index (κ1) is 17.7. The smallest absolute Gasteiger partial charge is 0.255 e. The predicted molar refractivity (Wildman–Crippen MR) is 103 cm³/mol. The van der Waals surface area contributed by atoms with Crippen molar-refractivity contribution in [3.05, 3.63) is 75.2 Å². The number of nitrogens with one attached hydrogen (secondary N) is 2. The Labute approximate surface area is 152 Å². The minimum Gasteiger partial charge on any atom is -0.493 e. The van der Waals surface area contributed by atoms with E-state index in [0.717, 1.165) is 22.0 Å². The first-order valence-electron chi connectivity index (χ1n) is 8.62. The molecule has 2 N–H and O–H groups in total. The molecule has 2 aromatic carbocycles. The van der Waals surface area contributed by atoms with Crippen LogP contribution in [0.25, 0.3) is 10.8 Å². The molecule has 1 heterocycles. The largest absolute Gasteiger partial charge is 0.493 e. The van der Waals surface area contributed by atoms with Gasteiger partial charge in [-0.1, -0.05) is 24.3 Å². The van der Waals surface area contributed by atoms with E-state index in [1.165, 1.54) is 0 Å². The molecule has 0 fully saturated rings. The lowest BCUT2D eigenvalue weighted by molar-refractivity contribution is 0.0947. The first-order chi connectivity index (χ1) is 12.5. The molecular formula is C21H22N2O3. The van der Waals surface area contributed by atoms with E-state index >= 15 is 0 Å². The van der Waals surface area contributed by atoms with Crippen LogP contribution in [0.5, 0.6) is 5.75 Å². The minimum absolute atomic E-state index is 0.165. The topological polar surface area (TPSA) is 71.2 Å². The van der Waals surface area contributed by atoms with Crippen LogP contribution in [-0.4, -0.2) is 17.5 Å². The highest BCUT2D eigenvalue weighted by Crippen LogP contribution is 2.26. The zero-order valence-electron chi connectivity index (χ0n) is 15.2. The number of hydrogen-bond acceptors (Lipinski definition) is 3. The van der Waals surface area contributed by atoms with Gasteiger partial charge < -0.3 is 15.0 Å². The van der Waals surface area contributed by atoms with Gasteiger partial charge in [0, 0.05) is 17.8 Å². The number of hydrogen-bond donors (Lipinski definition) is 2. The maximum Gasteiger partial charge on any atom is 0.255 e. The lowest BCUT2D eigenvalue weighted by Gasteiger charge is -2.13. The number of aromatic nitrogens is 1. The summed E-state index contributed by atoms with van der Waals surface area (Å²) in [7, 11) is 0. The number of aryl methyl sites for hydroxylation is 2. The molecule has 0 atom stereocenters. The Morgan fingerprint density at radius 3 is 2.46 bits per heavy atom. The van der Waals surface area contributed by atoms with Crippen LogP contribution >= 0.6 is 0 Å². The number of rotatable bonds is 5. The van der Waals surface area contributed by atoms with Crippen LogP contribution < -0.4 is 15.6 Å². The van der Waals surface area contributed by atoms with E-state index in [2.05, 4.69) is 10.3 Å². The Kier molecular flexibility index (Phi) is 5.07. The van der Waals surface area contributed by atoms with Crippen LogP contribution in [0.2, 0.25) is 0 Å². The van der Waals surface area contributed by atoms with Crippen LogP contribution in [0.15, 0.2) is 47.3 Å². The number of H-pyrrole nitrogens is 1. The minimum atomic E-state index is -0.265. The number of amides is 1. The average molecular weight is 350 g/mol. The normalized spacial score (nSPS) is 10.7. The van der Waals surface area contributed by atoms with Gasteiger partial charge in [0.2, 0.25) is 0 Å². The second-order valence-corrected chi connectivity index (χ2v) is 6.25. The number of carbonyl (C=O) groups is 1. The maximum atomic E-state index is 12.7. The first-order valence-corrected chi connectivity index (χ1v) is 8.62. The molecule has 0 aliphatic heterocycles. The monoisotopic (exact) mass is 350 g/mol. The quantitative estimate of drug-likeness (QED) is 0.740. The molecule has 0 aliphatic rings. The standard InChI is InChI=1S/C21H22N2O3/c1-4-26-19-11-16-8-6-5-7-15(16)10-17(19)20(24)22-12-18-13(2)9-14(3)23-21(18)25/h5-11H,4,12H2,1-3H3,(H,22,24)(H,23,25). The molecule has 1 amide bonds. The second-order valence-electron chi connectivity index (χ2n) is 6.25. The summed E-state index contributed by atoms with van der Waals surface area (Å²) < 4.78 is 5.65. The Morgan fingerprint density at radius 2 is 1.81 bits per heavy atom. The highest BCUT2D eigenvalue weighted by atomic mass is 16.5. The molecule has 26 heavy (non-hydrogen) atoms. The van der Waals surface area contributed by atoms with E-state index < -0.39 is 0 Å². The highest BCUT2D eigenvalue weighted by Gasteiger charge is 2.15. The van der Waals surface area contributed by atoms with Crippen molar-refractivity contribution in [3.8, 4) is 5.75 Å². The maximum absolute atomic E-state index is 12.7. The Hall–Kier alpha value is -3.08. The van der Waals surface area contributed by atoms with Crippen molar-refractivity contribution in [2.24, 2.45) is 0 Å². The molecular weight excluding hydrogens is 328 g/mol. The van der Waals surface area contributed by atoms with Crippen molar-refractivity contribution in [2.45, 2.75) is 27.3 Å². The summed E-state index contributed by atoms with van der Waals surface area (Å²) >= 11 is 0. The van der Waals surface area contributed by atoms with Crippen molar-refractivity contribution >= 4 is 16.7 Å². The van der Waals surface area contributed by atoms with Gasteiger partial charge in [0.1, 0.15) is 5.75 Å². The molecule has 0 saturated heterocycles. The SMILES string of the molecule is CCOc1cc2ccccc2cc1C(=O)NCc1c(C)cc(C)[nH]c1=O. The number of benzene rings is 2. The molecule has 0 radical (unpaired) electrons. The van der Waals surface area contributed by atoms with Crippen LogP contribution in [0.1, 0.15) is 34.1 Å². The molecule has 0 unspecified atom stereocenters. The van der Waals surface area contributed by atoms with Crippen LogP contribution in [0, 0.1) is 13.8 Å². The van der Waals surface area contributed by atoms with Crippen LogP contribution in [-0.2, 0) is 6.54 Å². The van der Waals surface area contributed by atoms with Gasteiger partial charge in [0.25, 0.3) is 11.5 Å². The zero-order valence-corrected chi connectivity index (χ0v) is 15.2. The van der Waals surface area contributed by atoms with Crippen molar-refractivity contribution in [1.29, 1.82) is 0 Å². The highest BCUT2D eigenvalue weighted by molar-refractivity contribution is 6.01. The average Bonchev–Trinajstić information content (AvgIpc) is 2.60. The molecule has 0 spiro atoms. The Bertz CT molecular complexity index is 1020. The number of pyridine rings is 1. The summed E-state index contributed by atoms with van der Waals surface area (Å²) in [6.45, 7) is 6.21. The summed E-state index contributed by atoms with van der Waals surface area (Å²) in [4.78, 5) is 27.6. The van der Waals surface area contributed by atoms with Crippen molar-refractivity contribution < 1.29 is 9.53 Å². The summed E-state index contributed by atoms with van der Waals surface area (Å²) in [5, 5.41) is 4.82. The molecule has 134 valence electrons. The van der Waals surface area contributed by atoms with Crippen molar-refractivity contribution in [1.82, 2.24) is 10.3 Å². The van der Waals surface area contributed by atoms with E-state index in [1.807, 2.05) is 63.2 Å². The number of fused-ring (bicyclic) bond motifs is 1. The number of ether oxygens (including phenoxy) is 1. The summed E-state index contributed by atoms with van der Waals surface area (Å²) in [6, 6.07) is 13.4. The summed E-state index contributed by atoms with van der Waals surface area (Å²) in [5.41, 5.74) is 2.51. The van der Waals surface area contributed by atoms with E-state index in [9.17, 15) is 9.59 Å². The Morgan fingerprint density at radius 1 is 1.12 bits per heavy atom. The van der Waals surface area contributed by atoms with E-state index in [0.29, 0.717) is 23.5 Å². The van der Waals surface area contributed by atoms with Gasteiger partial charge in [-0.25, -0.2) is 0 Å². The fourth-order valence-electron chi connectivity index (χ4n) is 3.04. The van der Waals surface area contributed by atoms with Crippen molar-refractivity contribution in [3.63, 3.8) is 0 Å². The van der Waals surface area contributed by atoms with Gasteiger partial charge in [-0.3, -0.25) is 9.59 Å². The molecule has 0 aliphatic carbocycles. The van der Waals surface area contributed by atoms with E-state index in [1.54, 1.807) is 0 Å². The van der Waals surface area contributed by atoms with Gasteiger partial charge in [0.15, 0.2) is 0 Å². The van der Waals surface area contributed by atoms with Gasteiger partial charge >= 0.3 is 0 Å². The fraction of sp³-hybridized carbons (Fsp3) is 0.238. The van der Waals surface area contributed by atoms with Gasteiger partial charge in [0.05, 0.1) is 12.2 Å². The van der Waals surface area contributed by atoms with Gasteiger partial charge in [-0.2, -0.15) is 0 Å². The zero-order chi connectivity index (χ0) is 18.7. The van der Waals surface area contributed by atoms with Crippen molar-refractivity contribution in [2.75, 3.05) is 6.61 Å². The molecule has 3 aromatic rings. The number of carbonyl (C=O) groups excluding carboxylic acids is 1. The van der Waals surface area contributed by atoms with Crippen LogP contribution in [0.3, 0.4) is 0 Å². The van der Waals surface area contributed by atoms with Crippen LogP contribution in [0.4, 0.5) is 0 Å². The fourth-order valence-corrected chi connectivity index (χ4v) is 3.04. The summed E-state index contributed by atoms with van der Waals surface area (Å²) in [6.07, 6.45) is 0. The predicted octanol–water partition coefficient (Wildman–Crippen LogP) is 3.47. The van der Waals surface area contributed by atoms with Gasteiger partial charge in [-0.05, 0) is 55.3 Å². The Balaban J connectivity index is 1.90. The van der Waals surface area contributed by atoms with E-state index in [4.69, 9.17) is 4.74 Å². The number of aromatic amines is 1. The van der Waals surface area contributed by atoms with E-state index in [-0.39, 0.29) is 18.0 Å². The lowest BCUT2D eigenvalue weighted by atomic mass is 10.0. The summed E-state index contributed by atoms with van der Waals surface area (Å²) in [5.74, 6) is 0.275. The molecule has 0 saturated carbocycles. The molecule has 1 aromatic heterocycles. The third kappa shape index (κ3) is 3.61. The molecule has 5 heteroatoms. The van der Waals surface area contributed by atoms with Gasteiger partial charge in [-0.15, -0.1) is 0 Å². The lowest BCUT2D eigenvalue weighted by Crippen LogP contribution is -2.28. The molecule has 5 nitrogen and oxygen atoms in total.